The van der Waals surface area contributed by atoms with E-state index in [2.05, 4.69) is 37.4 Å². The molecule has 120 valence electrons. The van der Waals surface area contributed by atoms with Gasteiger partial charge in [-0.05, 0) is 28.7 Å². The zero-order valence-electron chi connectivity index (χ0n) is 13.2. The predicted octanol–water partition coefficient (Wildman–Crippen LogP) is 3.29. The summed E-state index contributed by atoms with van der Waals surface area (Å²) in [5.74, 6) is 0.568. The fourth-order valence-electron chi connectivity index (χ4n) is 2.68. The molecule has 3 N–H and O–H groups in total. The highest BCUT2D eigenvalue weighted by molar-refractivity contribution is 5.90. The summed E-state index contributed by atoms with van der Waals surface area (Å²) in [5, 5.41) is 5.36. The molecule has 1 unspecified atom stereocenters. The van der Waals surface area contributed by atoms with Gasteiger partial charge in [-0.3, -0.25) is 4.79 Å². The number of rotatable bonds is 6. The molecule has 0 aliphatic rings. The third-order valence-corrected chi connectivity index (χ3v) is 3.64. The molecule has 0 spiro atoms. The summed E-state index contributed by atoms with van der Waals surface area (Å²) in [6.07, 6.45) is 1.31. The van der Waals surface area contributed by atoms with Crippen LogP contribution in [0.1, 0.15) is 25.8 Å². The van der Waals surface area contributed by atoms with E-state index >= 15 is 0 Å². The van der Waals surface area contributed by atoms with Gasteiger partial charge in [-0.25, -0.2) is 0 Å². The van der Waals surface area contributed by atoms with Crippen molar-refractivity contribution in [3.63, 3.8) is 0 Å². The minimum Gasteiger partial charge on any atom is -0.352 e. The van der Waals surface area contributed by atoms with Crippen molar-refractivity contribution in [1.82, 2.24) is 5.32 Å². The van der Waals surface area contributed by atoms with E-state index in [0.29, 0.717) is 18.9 Å². The molecule has 0 saturated carbocycles. The Morgan fingerprint density at radius 1 is 1.14 bits per heavy atom. The van der Waals surface area contributed by atoms with Crippen LogP contribution in [0.2, 0.25) is 0 Å². The molecule has 2 aromatic carbocycles. The minimum atomic E-state index is 0. The van der Waals surface area contributed by atoms with Crippen molar-refractivity contribution in [3.05, 3.63) is 48.0 Å². The molecule has 3 nitrogen and oxygen atoms in total. The van der Waals surface area contributed by atoms with E-state index in [-0.39, 0.29) is 24.4 Å². The van der Waals surface area contributed by atoms with Crippen molar-refractivity contribution >= 4 is 29.1 Å². The Balaban J connectivity index is 0.00000242. The molecule has 1 amide bonds. The van der Waals surface area contributed by atoms with Crippen molar-refractivity contribution in [1.29, 1.82) is 0 Å². The summed E-state index contributed by atoms with van der Waals surface area (Å²) in [6, 6.07) is 14.3. The van der Waals surface area contributed by atoms with Crippen LogP contribution in [-0.4, -0.2) is 18.5 Å². The van der Waals surface area contributed by atoms with Crippen molar-refractivity contribution in [3.8, 4) is 0 Å². The lowest BCUT2D eigenvalue weighted by Crippen LogP contribution is -2.41. The number of nitrogens with two attached hydrogens (primary N) is 1. The fraction of sp³-hybridized carbons (Fsp3) is 0.389. The second-order valence-electron chi connectivity index (χ2n) is 5.94. The van der Waals surface area contributed by atoms with Gasteiger partial charge in [-0.1, -0.05) is 56.3 Å². The lowest BCUT2D eigenvalue weighted by atomic mass is 10.0. The van der Waals surface area contributed by atoms with Crippen molar-refractivity contribution < 1.29 is 4.79 Å². The molecule has 0 aliphatic heterocycles. The maximum atomic E-state index is 12.2. The Morgan fingerprint density at radius 2 is 1.82 bits per heavy atom. The van der Waals surface area contributed by atoms with Gasteiger partial charge in [0.1, 0.15) is 0 Å². The summed E-state index contributed by atoms with van der Waals surface area (Å²) >= 11 is 0. The smallest absolute Gasteiger partial charge is 0.224 e. The van der Waals surface area contributed by atoms with Crippen molar-refractivity contribution in [2.75, 3.05) is 6.54 Å². The molecule has 0 aromatic heterocycles. The number of halogens is 1. The van der Waals surface area contributed by atoms with Gasteiger partial charge in [-0.15, -0.1) is 12.4 Å². The number of fused-ring (bicyclic) bond motifs is 1. The van der Waals surface area contributed by atoms with Gasteiger partial charge in [0, 0.05) is 12.6 Å². The molecular weight excluding hydrogens is 296 g/mol. The van der Waals surface area contributed by atoms with E-state index in [9.17, 15) is 4.79 Å². The molecule has 2 rings (SSSR count). The quantitative estimate of drug-likeness (QED) is 0.858. The third-order valence-electron chi connectivity index (χ3n) is 3.64. The third kappa shape index (κ3) is 5.00. The second-order valence-corrected chi connectivity index (χ2v) is 5.94. The summed E-state index contributed by atoms with van der Waals surface area (Å²) in [7, 11) is 0. The highest BCUT2D eigenvalue weighted by atomic mass is 35.5. The SMILES string of the molecule is CC(C)CC(CN)NC(=O)Cc1cccc2ccccc12.Cl. The molecule has 22 heavy (non-hydrogen) atoms. The van der Waals surface area contributed by atoms with Crippen molar-refractivity contribution in [2.45, 2.75) is 32.7 Å². The first-order chi connectivity index (χ1) is 10.1. The van der Waals surface area contributed by atoms with Gasteiger partial charge in [0.05, 0.1) is 6.42 Å². The van der Waals surface area contributed by atoms with Gasteiger partial charge in [0.25, 0.3) is 0 Å². The Morgan fingerprint density at radius 3 is 2.50 bits per heavy atom. The van der Waals surface area contributed by atoms with Crippen LogP contribution < -0.4 is 11.1 Å². The van der Waals surface area contributed by atoms with E-state index < -0.39 is 0 Å². The monoisotopic (exact) mass is 320 g/mol. The normalized spacial score (nSPS) is 12.0. The van der Waals surface area contributed by atoms with Crippen LogP contribution in [0.4, 0.5) is 0 Å². The lowest BCUT2D eigenvalue weighted by Gasteiger charge is -2.19. The van der Waals surface area contributed by atoms with E-state index in [0.717, 1.165) is 17.4 Å². The molecule has 0 saturated heterocycles. The highest BCUT2D eigenvalue weighted by Crippen LogP contribution is 2.19. The summed E-state index contributed by atoms with van der Waals surface area (Å²) < 4.78 is 0. The van der Waals surface area contributed by atoms with E-state index in [1.807, 2.05) is 24.3 Å². The number of hydrogen-bond donors (Lipinski definition) is 2. The zero-order chi connectivity index (χ0) is 15.2. The Labute approximate surface area is 138 Å². The van der Waals surface area contributed by atoms with Gasteiger partial charge in [0.15, 0.2) is 0 Å². The van der Waals surface area contributed by atoms with Crippen molar-refractivity contribution in [2.24, 2.45) is 11.7 Å². The lowest BCUT2D eigenvalue weighted by molar-refractivity contribution is -0.121. The van der Waals surface area contributed by atoms with Crippen LogP contribution in [0.15, 0.2) is 42.5 Å². The standard InChI is InChI=1S/C18H24N2O.ClH/c1-13(2)10-16(12-19)20-18(21)11-15-8-5-7-14-6-3-4-9-17(14)15;/h3-9,13,16H,10-12,19H2,1-2H3,(H,20,21);1H. The number of benzene rings is 2. The van der Waals surface area contributed by atoms with Crippen LogP contribution >= 0.6 is 12.4 Å². The van der Waals surface area contributed by atoms with Crippen LogP contribution in [-0.2, 0) is 11.2 Å². The number of hydrogen-bond acceptors (Lipinski definition) is 2. The molecule has 0 radical (unpaired) electrons. The summed E-state index contributed by atoms with van der Waals surface area (Å²) in [6.45, 7) is 4.76. The van der Waals surface area contributed by atoms with Crippen LogP contribution in [0, 0.1) is 5.92 Å². The minimum absolute atomic E-state index is 0. The number of carbonyl (C=O) groups is 1. The molecule has 0 aliphatic carbocycles. The first-order valence-electron chi connectivity index (χ1n) is 7.56. The molecule has 2 aromatic rings. The summed E-state index contributed by atoms with van der Waals surface area (Å²) in [5.41, 5.74) is 6.80. The molecule has 0 bridgehead atoms. The topological polar surface area (TPSA) is 55.1 Å². The molecule has 0 heterocycles. The summed E-state index contributed by atoms with van der Waals surface area (Å²) in [4.78, 5) is 12.2. The number of amides is 1. The van der Waals surface area contributed by atoms with Gasteiger partial charge in [0.2, 0.25) is 5.91 Å². The number of nitrogens with one attached hydrogen (secondary N) is 1. The maximum Gasteiger partial charge on any atom is 0.224 e. The van der Waals surface area contributed by atoms with Crippen LogP contribution in [0.25, 0.3) is 10.8 Å². The molecular formula is C18H25ClN2O. The van der Waals surface area contributed by atoms with Gasteiger partial charge >= 0.3 is 0 Å². The predicted molar refractivity (Wildman–Crippen MR) is 95.3 cm³/mol. The average molecular weight is 321 g/mol. The van der Waals surface area contributed by atoms with E-state index in [1.54, 1.807) is 0 Å². The highest BCUT2D eigenvalue weighted by Gasteiger charge is 2.13. The van der Waals surface area contributed by atoms with Crippen LogP contribution in [0.5, 0.6) is 0 Å². The fourth-order valence-corrected chi connectivity index (χ4v) is 2.68. The van der Waals surface area contributed by atoms with Crippen LogP contribution in [0.3, 0.4) is 0 Å². The number of carbonyl (C=O) groups excluding carboxylic acids is 1. The average Bonchev–Trinajstić information content (AvgIpc) is 2.46. The maximum absolute atomic E-state index is 12.2. The molecule has 4 heteroatoms. The molecule has 1 atom stereocenters. The Kier molecular flexibility index (Phi) is 7.36. The molecule has 0 fully saturated rings. The Hall–Kier alpha value is -1.58. The largest absolute Gasteiger partial charge is 0.352 e. The van der Waals surface area contributed by atoms with E-state index in [4.69, 9.17) is 5.73 Å². The first kappa shape index (κ1) is 18.5. The zero-order valence-corrected chi connectivity index (χ0v) is 14.0. The Bertz CT molecular complexity index is 608. The van der Waals surface area contributed by atoms with E-state index in [1.165, 1.54) is 5.39 Å². The van der Waals surface area contributed by atoms with Gasteiger partial charge in [-0.2, -0.15) is 0 Å². The van der Waals surface area contributed by atoms with Gasteiger partial charge < -0.3 is 11.1 Å². The second kappa shape index (κ2) is 8.76. The first-order valence-corrected chi connectivity index (χ1v) is 7.56.